The van der Waals surface area contributed by atoms with Gasteiger partial charge in [-0.2, -0.15) is 10.5 Å². The average Bonchev–Trinajstić information content (AvgIpc) is 3.07. The standard InChI is InChI=1S/C39H25N3O/c1-43-35-18-16-34(17-19-35)42(32-7-3-2-4-8-32)33-14-12-26(13-15-33)10-11-27-20-29-23-30(24-40)36-9-5-6-28-22-31(25-41)37(21-27)39(29)38(28)36/h2-23H,1H3/b11-10-. The Morgan fingerprint density at radius 3 is 1.86 bits per heavy atom. The zero-order valence-corrected chi connectivity index (χ0v) is 23.5. The van der Waals surface area contributed by atoms with Crippen molar-refractivity contribution in [3.8, 4) is 17.9 Å². The molecule has 0 radical (unpaired) electrons. The van der Waals surface area contributed by atoms with Gasteiger partial charge in [-0.05, 0) is 105 Å². The first-order valence-electron chi connectivity index (χ1n) is 14.0. The van der Waals surface area contributed by atoms with Crippen LogP contribution in [0.5, 0.6) is 5.75 Å². The molecule has 0 bridgehead atoms. The molecule has 0 spiro atoms. The van der Waals surface area contributed by atoms with E-state index in [1.54, 1.807) is 7.11 Å². The Morgan fingerprint density at radius 2 is 1.16 bits per heavy atom. The van der Waals surface area contributed by atoms with Gasteiger partial charge in [-0.3, -0.25) is 0 Å². The van der Waals surface area contributed by atoms with Crippen LogP contribution < -0.4 is 9.64 Å². The number of hydrogen-bond donors (Lipinski definition) is 0. The predicted octanol–water partition coefficient (Wildman–Crippen LogP) is 9.98. The van der Waals surface area contributed by atoms with Gasteiger partial charge in [-0.15, -0.1) is 0 Å². The number of para-hydroxylation sites is 1. The number of nitrogens with zero attached hydrogens (tertiary/aromatic N) is 3. The monoisotopic (exact) mass is 551 g/mol. The highest BCUT2D eigenvalue weighted by atomic mass is 16.5. The van der Waals surface area contributed by atoms with Gasteiger partial charge in [0.1, 0.15) is 5.75 Å². The van der Waals surface area contributed by atoms with Crippen LogP contribution in [0.15, 0.2) is 121 Å². The van der Waals surface area contributed by atoms with Crippen LogP contribution in [0.3, 0.4) is 0 Å². The van der Waals surface area contributed by atoms with Crippen molar-refractivity contribution in [2.45, 2.75) is 0 Å². The molecule has 0 fully saturated rings. The summed E-state index contributed by atoms with van der Waals surface area (Å²) in [7, 11) is 1.67. The van der Waals surface area contributed by atoms with E-state index in [2.05, 4.69) is 89.9 Å². The van der Waals surface area contributed by atoms with E-state index in [4.69, 9.17) is 4.74 Å². The molecule has 7 aromatic rings. The molecule has 0 aromatic heterocycles. The normalized spacial score (nSPS) is 11.2. The molecule has 7 rings (SSSR count). The van der Waals surface area contributed by atoms with E-state index in [1.165, 1.54) is 0 Å². The van der Waals surface area contributed by atoms with E-state index in [0.29, 0.717) is 11.1 Å². The molecular weight excluding hydrogens is 526 g/mol. The Kier molecular flexibility index (Phi) is 6.44. The maximum Gasteiger partial charge on any atom is 0.119 e. The molecule has 4 heteroatoms. The van der Waals surface area contributed by atoms with Crippen molar-refractivity contribution >= 4 is 61.5 Å². The Balaban J connectivity index is 1.27. The molecule has 43 heavy (non-hydrogen) atoms. The van der Waals surface area contributed by atoms with Crippen molar-refractivity contribution in [3.05, 3.63) is 144 Å². The molecule has 0 amide bonds. The molecule has 7 aromatic carbocycles. The van der Waals surface area contributed by atoms with Gasteiger partial charge in [-0.25, -0.2) is 0 Å². The summed E-state index contributed by atoms with van der Waals surface area (Å²) in [6, 6.07) is 45.5. The van der Waals surface area contributed by atoms with Gasteiger partial charge in [-0.1, -0.05) is 60.7 Å². The fourth-order valence-corrected chi connectivity index (χ4v) is 5.92. The molecule has 0 atom stereocenters. The summed E-state index contributed by atoms with van der Waals surface area (Å²) < 4.78 is 5.36. The molecule has 4 nitrogen and oxygen atoms in total. The molecule has 0 aliphatic rings. The van der Waals surface area contributed by atoms with Crippen molar-refractivity contribution in [2.24, 2.45) is 0 Å². The van der Waals surface area contributed by atoms with Crippen LogP contribution in [0.1, 0.15) is 22.3 Å². The first-order valence-corrected chi connectivity index (χ1v) is 14.0. The number of anilines is 3. The van der Waals surface area contributed by atoms with Gasteiger partial charge in [0.15, 0.2) is 0 Å². The average molecular weight is 552 g/mol. The SMILES string of the molecule is COc1ccc(N(c2ccccc2)c2ccc(/C=C\c3cc4cc(C#N)c5cccc6cc(C#N)c(c3)c4c65)cc2)cc1. The largest absolute Gasteiger partial charge is 0.497 e. The lowest BCUT2D eigenvalue weighted by Gasteiger charge is -2.25. The van der Waals surface area contributed by atoms with E-state index in [0.717, 1.165) is 66.3 Å². The molecule has 0 N–H and O–H groups in total. The summed E-state index contributed by atoms with van der Waals surface area (Å²) in [6.45, 7) is 0. The van der Waals surface area contributed by atoms with Crippen LogP contribution in [0.2, 0.25) is 0 Å². The Morgan fingerprint density at radius 1 is 0.558 bits per heavy atom. The maximum atomic E-state index is 9.99. The van der Waals surface area contributed by atoms with E-state index in [-0.39, 0.29) is 0 Å². The van der Waals surface area contributed by atoms with Crippen LogP contribution in [0.25, 0.3) is 44.5 Å². The van der Waals surface area contributed by atoms with Crippen molar-refractivity contribution in [1.29, 1.82) is 10.5 Å². The number of benzene rings is 7. The van der Waals surface area contributed by atoms with Crippen LogP contribution in [0.4, 0.5) is 17.1 Å². The van der Waals surface area contributed by atoms with Crippen molar-refractivity contribution in [2.75, 3.05) is 12.0 Å². The van der Waals surface area contributed by atoms with Crippen LogP contribution >= 0.6 is 0 Å². The molecule has 0 saturated heterocycles. The number of hydrogen-bond acceptors (Lipinski definition) is 4. The Hall–Kier alpha value is -6.10. The Labute approximate surface area is 249 Å². The lowest BCUT2D eigenvalue weighted by atomic mass is 9.88. The second kappa shape index (κ2) is 10.7. The zero-order valence-electron chi connectivity index (χ0n) is 23.5. The van der Waals surface area contributed by atoms with Gasteiger partial charge >= 0.3 is 0 Å². The summed E-state index contributed by atoms with van der Waals surface area (Å²) in [5, 5.41) is 25.7. The fourth-order valence-electron chi connectivity index (χ4n) is 5.92. The zero-order chi connectivity index (χ0) is 29.3. The van der Waals surface area contributed by atoms with E-state index in [9.17, 15) is 10.5 Å². The summed E-state index contributed by atoms with van der Waals surface area (Å²) in [4.78, 5) is 2.21. The third kappa shape index (κ3) is 4.58. The third-order valence-electron chi connectivity index (χ3n) is 7.92. The molecule has 202 valence electrons. The minimum Gasteiger partial charge on any atom is -0.497 e. The van der Waals surface area contributed by atoms with Gasteiger partial charge in [0.2, 0.25) is 0 Å². The summed E-state index contributed by atoms with van der Waals surface area (Å²) in [6.07, 6.45) is 4.14. The smallest absolute Gasteiger partial charge is 0.119 e. The van der Waals surface area contributed by atoms with Gasteiger partial charge in [0.25, 0.3) is 0 Å². The molecule has 0 aliphatic heterocycles. The second-order valence-corrected chi connectivity index (χ2v) is 10.4. The summed E-state index contributed by atoms with van der Waals surface area (Å²) in [5.41, 5.74) is 6.44. The van der Waals surface area contributed by atoms with Gasteiger partial charge in [0.05, 0.1) is 30.4 Å². The first-order chi connectivity index (χ1) is 21.2. The maximum absolute atomic E-state index is 9.99. The highest BCUT2D eigenvalue weighted by Gasteiger charge is 2.16. The summed E-state index contributed by atoms with van der Waals surface area (Å²) >= 11 is 0. The second-order valence-electron chi connectivity index (χ2n) is 10.4. The molecule has 0 unspecified atom stereocenters. The number of methoxy groups -OCH3 is 1. The van der Waals surface area contributed by atoms with Crippen molar-refractivity contribution < 1.29 is 4.74 Å². The van der Waals surface area contributed by atoms with Crippen molar-refractivity contribution in [3.63, 3.8) is 0 Å². The minimum absolute atomic E-state index is 0.633. The van der Waals surface area contributed by atoms with Crippen LogP contribution in [-0.2, 0) is 0 Å². The first kappa shape index (κ1) is 25.8. The lowest BCUT2D eigenvalue weighted by Crippen LogP contribution is -2.09. The molecule has 0 saturated carbocycles. The van der Waals surface area contributed by atoms with Gasteiger partial charge in [0, 0.05) is 27.8 Å². The predicted molar refractivity (Wildman–Crippen MR) is 176 cm³/mol. The van der Waals surface area contributed by atoms with Crippen molar-refractivity contribution in [1.82, 2.24) is 0 Å². The van der Waals surface area contributed by atoms with Crippen LogP contribution in [0, 0.1) is 22.7 Å². The highest BCUT2D eigenvalue weighted by Crippen LogP contribution is 2.39. The number of ether oxygens (including phenoxy) is 1. The number of rotatable bonds is 6. The lowest BCUT2D eigenvalue weighted by molar-refractivity contribution is 0.415. The fraction of sp³-hybridized carbons (Fsp3) is 0.0256. The minimum atomic E-state index is 0.633. The van der Waals surface area contributed by atoms with E-state index < -0.39 is 0 Å². The van der Waals surface area contributed by atoms with Gasteiger partial charge < -0.3 is 9.64 Å². The Bertz CT molecular complexity index is 2220. The third-order valence-corrected chi connectivity index (χ3v) is 7.92. The van der Waals surface area contributed by atoms with Crippen LogP contribution in [-0.4, -0.2) is 7.11 Å². The highest BCUT2D eigenvalue weighted by molar-refractivity contribution is 6.25. The van der Waals surface area contributed by atoms with E-state index in [1.807, 2.05) is 60.7 Å². The topological polar surface area (TPSA) is 60.0 Å². The number of nitriles is 2. The van der Waals surface area contributed by atoms with E-state index >= 15 is 0 Å². The summed E-state index contributed by atoms with van der Waals surface area (Å²) in [5.74, 6) is 0.815. The molecule has 0 heterocycles. The molecular formula is C39H25N3O. The molecule has 0 aliphatic carbocycles. The quantitative estimate of drug-likeness (QED) is 0.152.